The third-order valence-corrected chi connectivity index (χ3v) is 1.06. The molecule has 0 spiro atoms. The first-order chi connectivity index (χ1) is 4.13. The fourth-order valence-electron chi connectivity index (χ4n) is 0.586. The maximum absolute atomic E-state index is 10.3. The lowest BCUT2D eigenvalue weighted by Gasteiger charge is -1.90. The van der Waals surface area contributed by atoms with Crippen molar-refractivity contribution in [2.45, 2.75) is 48.0 Å². The van der Waals surface area contributed by atoms with Crippen LogP contribution in [-0.2, 0) is 9.59 Å². The molecule has 68 valence electrons. The van der Waals surface area contributed by atoms with Crippen LogP contribution in [0.5, 0.6) is 0 Å². The van der Waals surface area contributed by atoms with Crippen LogP contribution in [0.2, 0.25) is 0 Å². The summed E-state index contributed by atoms with van der Waals surface area (Å²) in [4.78, 5) is 20.6. The molecule has 2 nitrogen and oxygen atoms in total. The molecule has 0 radical (unpaired) electrons. The highest BCUT2D eigenvalue weighted by Crippen LogP contribution is 1.95. The average molecular weight is 160 g/mol. The van der Waals surface area contributed by atoms with Gasteiger partial charge in [0.05, 0.1) is 0 Å². The summed E-state index contributed by atoms with van der Waals surface area (Å²) in [5, 5.41) is 0. The van der Waals surface area contributed by atoms with Gasteiger partial charge >= 0.3 is 0 Å². The van der Waals surface area contributed by atoms with Crippen LogP contribution in [0.3, 0.4) is 0 Å². The maximum atomic E-state index is 10.3. The van der Waals surface area contributed by atoms with E-state index in [2.05, 4.69) is 0 Å². The Morgan fingerprint density at radius 2 is 1.18 bits per heavy atom. The summed E-state index contributed by atoms with van der Waals surface area (Å²) in [6, 6.07) is 0. The fraction of sp³-hybridized carbons (Fsp3) is 0.778. The highest BCUT2D eigenvalue weighted by Gasteiger charge is 1.95. The minimum atomic E-state index is 0. The van der Waals surface area contributed by atoms with Gasteiger partial charge in [-0.2, -0.15) is 0 Å². The van der Waals surface area contributed by atoms with Gasteiger partial charge in [0, 0.05) is 12.8 Å². The molecule has 0 aliphatic carbocycles. The number of hydrogen-bond acceptors (Lipinski definition) is 2. The van der Waals surface area contributed by atoms with Crippen molar-refractivity contribution < 1.29 is 9.59 Å². The molecule has 0 saturated carbocycles. The molecule has 11 heavy (non-hydrogen) atoms. The van der Waals surface area contributed by atoms with E-state index in [1.807, 2.05) is 0 Å². The Kier molecular flexibility index (Phi) is 14.2. The second-order valence-corrected chi connectivity index (χ2v) is 2.26. The van der Waals surface area contributed by atoms with Crippen LogP contribution < -0.4 is 0 Å². The van der Waals surface area contributed by atoms with Crippen molar-refractivity contribution in [1.29, 1.82) is 0 Å². The molecule has 0 N–H and O–H groups in total. The third kappa shape index (κ3) is 17.6. The van der Waals surface area contributed by atoms with E-state index in [4.69, 9.17) is 0 Å². The molecule has 0 rings (SSSR count). The molecule has 0 unspecified atom stereocenters. The average Bonchev–Trinajstić information content (AvgIpc) is 1.63. The van der Waals surface area contributed by atoms with Gasteiger partial charge in [-0.15, -0.1) is 0 Å². The highest BCUT2D eigenvalue weighted by atomic mass is 16.1. The first kappa shape index (κ1) is 16.7. The standard InChI is InChI=1S/C7H12O2.2CH4/c1-6(8)4-3-5-7(2)9;;/h3-5H2,1-2H3;2*1H4. The van der Waals surface area contributed by atoms with Gasteiger partial charge in [0.15, 0.2) is 0 Å². The van der Waals surface area contributed by atoms with Gasteiger partial charge in [-0.1, -0.05) is 14.9 Å². The fourth-order valence-corrected chi connectivity index (χ4v) is 0.586. The van der Waals surface area contributed by atoms with E-state index in [0.29, 0.717) is 19.3 Å². The summed E-state index contributed by atoms with van der Waals surface area (Å²) in [6.07, 6.45) is 1.80. The summed E-state index contributed by atoms with van der Waals surface area (Å²) in [5.74, 6) is 0.326. The minimum Gasteiger partial charge on any atom is -0.300 e. The van der Waals surface area contributed by atoms with Crippen molar-refractivity contribution >= 4 is 11.6 Å². The predicted octanol–water partition coefficient (Wildman–Crippen LogP) is 2.61. The zero-order valence-corrected chi connectivity index (χ0v) is 5.94. The molecule has 0 aliphatic heterocycles. The summed E-state index contributed by atoms with van der Waals surface area (Å²) in [6.45, 7) is 3.08. The summed E-state index contributed by atoms with van der Waals surface area (Å²) < 4.78 is 0. The molecule has 0 bridgehead atoms. The minimum absolute atomic E-state index is 0. The third-order valence-electron chi connectivity index (χ3n) is 1.06. The van der Waals surface area contributed by atoms with Gasteiger partial charge in [-0.25, -0.2) is 0 Å². The zero-order chi connectivity index (χ0) is 7.28. The van der Waals surface area contributed by atoms with Crippen molar-refractivity contribution in [2.75, 3.05) is 0 Å². The second-order valence-electron chi connectivity index (χ2n) is 2.26. The number of rotatable bonds is 4. The van der Waals surface area contributed by atoms with Crippen LogP contribution >= 0.6 is 0 Å². The summed E-state index contributed by atoms with van der Waals surface area (Å²) in [5.41, 5.74) is 0. The molecule has 0 fully saturated rings. The Hall–Kier alpha value is -0.660. The number of Topliss-reactive ketones (excluding diaryl/α,β-unsaturated/α-hetero) is 2. The SMILES string of the molecule is C.C.CC(=O)CCCC(C)=O. The highest BCUT2D eigenvalue weighted by molar-refractivity contribution is 5.78. The Morgan fingerprint density at radius 1 is 0.909 bits per heavy atom. The normalized spacial score (nSPS) is 7.45. The van der Waals surface area contributed by atoms with Gasteiger partial charge in [0.25, 0.3) is 0 Å². The van der Waals surface area contributed by atoms with E-state index in [9.17, 15) is 9.59 Å². The van der Waals surface area contributed by atoms with Crippen molar-refractivity contribution in [1.82, 2.24) is 0 Å². The lowest BCUT2D eigenvalue weighted by atomic mass is 10.1. The lowest BCUT2D eigenvalue weighted by Crippen LogP contribution is -1.93. The Balaban J connectivity index is -0.000000320. The van der Waals surface area contributed by atoms with Gasteiger partial charge in [0.2, 0.25) is 0 Å². The quantitative estimate of drug-likeness (QED) is 0.633. The maximum Gasteiger partial charge on any atom is 0.129 e. The van der Waals surface area contributed by atoms with Crippen LogP contribution in [0.4, 0.5) is 0 Å². The largest absolute Gasteiger partial charge is 0.300 e. The van der Waals surface area contributed by atoms with Crippen LogP contribution in [0.25, 0.3) is 0 Å². The van der Waals surface area contributed by atoms with Crippen molar-refractivity contribution in [2.24, 2.45) is 0 Å². The number of hydrogen-bond donors (Lipinski definition) is 0. The summed E-state index contributed by atoms with van der Waals surface area (Å²) in [7, 11) is 0. The number of ketones is 2. The van der Waals surface area contributed by atoms with Crippen LogP contribution in [0.15, 0.2) is 0 Å². The Morgan fingerprint density at radius 3 is 1.36 bits per heavy atom. The van der Waals surface area contributed by atoms with Crippen LogP contribution in [0.1, 0.15) is 48.0 Å². The first-order valence-electron chi connectivity index (χ1n) is 3.12. The molecular weight excluding hydrogens is 140 g/mol. The van der Waals surface area contributed by atoms with Gasteiger partial charge in [-0.3, -0.25) is 0 Å². The summed E-state index contributed by atoms with van der Waals surface area (Å²) >= 11 is 0. The smallest absolute Gasteiger partial charge is 0.129 e. The van der Waals surface area contributed by atoms with Crippen LogP contribution in [-0.4, -0.2) is 11.6 Å². The predicted molar refractivity (Wildman–Crippen MR) is 48.7 cm³/mol. The zero-order valence-electron chi connectivity index (χ0n) is 5.94. The number of carbonyl (C=O) groups is 2. The molecule has 0 saturated heterocycles. The molecule has 0 aromatic rings. The van der Waals surface area contributed by atoms with E-state index in [-0.39, 0.29) is 26.4 Å². The van der Waals surface area contributed by atoms with E-state index in [0.717, 1.165) is 0 Å². The van der Waals surface area contributed by atoms with Crippen LogP contribution in [0, 0.1) is 0 Å². The molecule has 0 atom stereocenters. The lowest BCUT2D eigenvalue weighted by molar-refractivity contribution is -0.118. The van der Waals surface area contributed by atoms with Gasteiger partial charge in [-0.05, 0) is 20.3 Å². The van der Waals surface area contributed by atoms with Crippen molar-refractivity contribution in [3.8, 4) is 0 Å². The van der Waals surface area contributed by atoms with Crippen molar-refractivity contribution in [3.63, 3.8) is 0 Å². The molecule has 0 heterocycles. The molecule has 0 aromatic carbocycles. The molecular formula is C9H20O2. The molecule has 0 amide bonds. The topological polar surface area (TPSA) is 34.1 Å². The molecule has 2 heteroatoms. The van der Waals surface area contributed by atoms with Gasteiger partial charge < -0.3 is 9.59 Å². The Labute approximate surface area is 70.0 Å². The monoisotopic (exact) mass is 160 g/mol. The van der Waals surface area contributed by atoms with E-state index in [1.54, 1.807) is 13.8 Å². The van der Waals surface area contributed by atoms with Crippen molar-refractivity contribution in [3.05, 3.63) is 0 Å². The molecule has 0 aromatic heterocycles. The van der Waals surface area contributed by atoms with E-state index < -0.39 is 0 Å². The second kappa shape index (κ2) is 9.34. The molecule has 0 aliphatic rings. The Bertz CT molecular complexity index is 103. The van der Waals surface area contributed by atoms with E-state index >= 15 is 0 Å². The number of carbonyl (C=O) groups excluding carboxylic acids is 2. The van der Waals surface area contributed by atoms with E-state index in [1.165, 1.54) is 0 Å². The first-order valence-corrected chi connectivity index (χ1v) is 3.12. The van der Waals surface area contributed by atoms with Gasteiger partial charge in [0.1, 0.15) is 11.6 Å².